The van der Waals surface area contributed by atoms with E-state index in [-0.39, 0.29) is 5.91 Å². The first-order valence-corrected chi connectivity index (χ1v) is 8.57. The molecule has 0 aliphatic heterocycles. The van der Waals surface area contributed by atoms with Gasteiger partial charge in [0.05, 0.1) is 17.3 Å². The smallest absolute Gasteiger partial charge is 0.269 e. The lowest BCUT2D eigenvalue weighted by Crippen LogP contribution is -2.29. The van der Waals surface area contributed by atoms with Gasteiger partial charge in [-0.1, -0.05) is 35.4 Å². The molecule has 2 heterocycles. The van der Waals surface area contributed by atoms with Crippen LogP contribution in [0, 0.1) is 6.92 Å². The van der Waals surface area contributed by atoms with Crippen LogP contribution in [-0.2, 0) is 0 Å². The molecule has 0 fully saturated rings. The predicted molar refractivity (Wildman–Crippen MR) is 104 cm³/mol. The third-order valence-corrected chi connectivity index (χ3v) is 4.26. The highest BCUT2D eigenvalue weighted by molar-refractivity contribution is 6.30. The van der Waals surface area contributed by atoms with Crippen molar-refractivity contribution in [2.75, 3.05) is 5.43 Å². The first-order valence-electron chi connectivity index (χ1n) is 8.19. The zero-order valence-electron chi connectivity index (χ0n) is 14.3. The highest BCUT2D eigenvalue weighted by Gasteiger charge is 2.12. The summed E-state index contributed by atoms with van der Waals surface area (Å²) in [4.78, 5) is 20.8. The van der Waals surface area contributed by atoms with Gasteiger partial charge < -0.3 is 0 Å². The number of carbonyl (C=O) groups excluding carboxylic acids is 1. The van der Waals surface area contributed by atoms with E-state index in [0.29, 0.717) is 27.4 Å². The van der Waals surface area contributed by atoms with E-state index >= 15 is 0 Å². The van der Waals surface area contributed by atoms with Gasteiger partial charge >= 0.3 is 0 Å². The Hall–Kier alpha value is -3.45. The maximum Gasteiger partial charge on any atom is 0.269 e. The Balaban J connectivity index is 1.60. The second-order valence-corrected chi connectivity index (χ2v) is 6.38. The molecule has 0 saturated heterocycles. The molecule has 2 aromatic heterocycles. The summed E-state index contributed by atoms with van der Waals surface area (Å²) in [6.07, 6.45) is 3.04. The molecule has 4 aromatic rings. The Morgan fingerprint density at radius 3 is 2.70 bits per heavy atom. The van der Waals surface area contributed by atoms with Gasteiger partial charge in [0.15, 0.2) is 11.5 Å². The highest BCUT2D eigenvalue weighted by atomic mass is 35.5. The SMILES string of the molecule is Cc1ccc(C(=O)NNc2ncnc3c2cnn3-c2cccc(Cl)c2)cc1. The van der Waals surface area contributed by atoms with Gasteiger partial charge in [-0.15, -0.1) is 0 Å². The van der Waals surface area contributed by atoms with Crippen molar-refractivity contribution in [3.05, 3.63) is 77.2 Å². The van der Waals surface area contributed by atoms with Gasteiger partial charge in [-0.05, 0) is 37.3 Å². The van der Waals surface area contributed by atoms with Crippen LogP contribution in [0.5, 0.6) is 0 Å². The summed E-state index contributed by atoms with van der Waals surface area (Å²) in [5.74, 6) is 0.192. The topological polar surface area (TPSA) is 84.7 Å². The normalized spacial score (nSPS) is 10.7. The van der Waals surface area contributed by atoms with Crippen LogP contribution in [0.3, 0.4) is 0 Å². The Morgan fingerprint density at radius 2 is 1.93 bits per heavy atom. The lowest BCUT2D eigenvalue weighted by molar-refractivity contribution is 0.0962. The fourth-order valence-corrected chi connectivity index (χ4v) is 2.82. The Labute approximate surface area is 160 Å². The van der Waals surface area contributed by atoms with Crippen LogP contribution in [0.2, 0.25) is 5.02 Å². The zero-order chi connectivity index (χ0) is 18.8. The maximum absolute atomic E-state index is 12.3. The lowest BCUT2D eigenvalue weighted by atomic mass is 10.1. The number of hydrogen-bond donors (Lipinski definition) is 2. The van der Waals surface area contributed by atoms with E-state index in [2.05, 4.69) is 25.9 Å². The third-order valence-electron chi connectivity index (χ3n) is 4.03. The van der Waals surface area contributed by atoms with Crippen molar-refractivity contribution >= 4 is 34.4 Å². The van der Waals surface area contributed by atoms with E-state index in [1.54, 1.807) is 35.1 Å². The number of carbonyl (C=O) groups is 1. The van der Waals surface area contributed by atoms with E-state index in [9.17, 15) is 4.79 Å². The fraction of sp³-hybridized carbons (Fsp3) is 0.0526. The van der Waals surface area contributed by atoms with Crippen LogP contribution in [0.25, 0.3) is 16.7 Å². The number of halogens is 1. The summed E-state index contributed by atoms with van der Waals surface area (Å²) in [5, 5.41) is 5.64. The molecule has 0 unspecified atom stereocenters. The van der Waals surface area contributed by atoms with Crippen molar-refractivity contribution < 1.29 is 4.79 Å². The summed E-state index contributed by atoms with van der Waals surface area (Å²) >= 11 is 6.06. The van der Waals surface area contributed by atoms with Crippen LogP contribution < -0.4 is 10.9 Å². The Kier molecular flexibility index (Phi) is 4.43. The number of fused-ring (bicyclic) bond motifs is 1. The standard InChI is InChI=1S/C19H15ClN6O/c1-12-5-7-13(8-6-12)19(27)25-24-17-16-10-23-26(18(16)22-11-21-17)15-4-2-3-14(20)9-15/h2-11H,1H3,(H,25,27)(H,21,22,24). The third kappa shape index (κ3) is 3.45. The molecular formula is C19H15ClN6O. The van der Waals surface area contributed by atoms with Gasteiger partial charge in [0, 0.05) is 10.6 Å². The van der Waals surface area contributed by atoms with E-state index in [0.717, 1.165) is 11.3 Å². The van der Waals surface area contributed by atoms with Gasteiger partial charge in [-0.2, -0.15) is 5.10 Å². The number of aromatic nitrogens is 4. The molecule has 8 heteroatoms. The second-order valence-electron chi connectivity index (χ2n) is 5.94. The summed E-state index contributed by atoms with van der Waals surface area (Å²) in [6.45, 7) is 1.97. The summed E-state index contributed by atoms with van der Waals surface area (Å²) < 4.78 is 1.66. The van der Waals surface area contributed by atoms with Gasteiger partial charge in [0.25, 0.3) is 5.91 Å². The number of benzene rings is 2. The van der Waals surface area contributed by atoms with E-state index < -0.39 is 0 Å². The molecule has 0 radical (unpaired) electrons. The number of rotatable bonds is 4. The number of nitrogens with one attached hydrogen (secondary N) is 2. The molecule has 2 aromatic carbocycles. The van der Waals surface area contributed by atoms with Crippen molar-refractivity contribution in [1.82, 2.24) is 25.2 Å². The zero-order valence-corrected chi connectivity index (χ0v) is 15.1. The molecule has 0 aliphatic rings. The molecule has 7 nitrogen and oxygen atoms in total. The number of anilines is 1. The highest BCUT2D eigenvalue weighted by Crippen LogP contribution is 2.22. The number of aryl methyl sites for hydroxylation is 1. The average molecular weight is 379 g/mol. The predicted octanol–water partition coefficient (Wildman–Crippen LogP) is 3.53. The van der Waals surface area contributed by atoms with Gasteiger partial charge in [-0.3, -0.25) is 15.6 Å². The van der Waals surface area contributed by atoms with Crippen molar-refractivity contribution in [2.24, 2.45) is 0 Å². The average Bonchev–Trinajstić information content (AvgIpc) is 3.11. The summed E-state index contributed by atoms with van der Waals surface area (Å²) in [7, 11) is 0. The van der Waals surface area contributed by atoms with Crippen LogP contribution in [0.15, 0.2) is 61.1 Å². The fourth-order valence-electron chi connectivity index (χ4n) is 2.63. The minimum absolute atomic E-state index is 0.260. The molecule has 4 rings (SSSR count). The molecular weight excluding hydrogens is 364 g/mol. The number of hydrazine groups is 1. The number of nitrogens with zero attached hydrogens (tertiary/aromatic N) is 4. The van der Waals surface area contributed by atoms with Crippen molar-refractivity contribution in [3.8, 4) is 5.69 Å². The number of hydrogen-bond acceptors (Lipinski definition) is 5. The van der Waals surface area contributed by atoms with Gasteiger partial charge in [0.2, 0.25) is 0 Å². The second kappa shape index (κ2) is 7.05. The monoisotopic (exact) mass is 378 g/mol. The number of amides is 1. The minimum atomic E-state index is -0.260. The Bertz CT molecular complexity index is 1120. The molecule has 27 heavy (non-hydrogen) atoms. The lowest BCUT2D eigenvalue weighted by Gasteiger charge is -2.09. The van der Waals surface area contributed by atoms with Crippen LogP contribution in [0.1, 0.15) is 15.9 Å². The van der Waals surface area contributed by atoms with Crippen molar-refractivity contribution in [1.29, 1.82) is 0 Å². The molecule has 0 aliphatic carbocycles. The summed E-state index contributed by atoms with van der Waals surface area (Å²) in [5.41, 5.74) is 8.51. The van der Waals surface area contributed by atoms with Crippen LogP contribution >= 0.6 is 11.6 Å². The van der Waals surface area contributed by atoms with Crippen molar-refractivity contribution in [2.45, 2.75) is 6.92 Å². The first-order chi connectivity index (χ1) is 13.1. The van der Waals surface area contributed by atoms with E-state index in [1.807, 2.05) is 31.2 Å². The Morgan fingerprint density at radius 1 is 1.11 bits per heavy atom. The van der Waals surface area contributed by atoms with Gasteiger partial charge in [0.1, 0.15) is 6.33 Å². The summed E-state index contributed by atoms with van der Waals surface area (Å²) in [6, 6.07) is 14.6. The molecule has 0 bridgehead atoms. The maximum atomic E-state index is 12.3. The first kappa shape index (κ1) is 17.0. The minimum Gasteiger partial charge on any atom is -0.281 e. The molecule has 134 valence electrons. The van der Waals surface area contributed by atoms with Gasteiger partial charge in [-0.25, -0.2) is 14.6 Å². The van der Waals surface area contributed by atoms with Crippen LogP contribution in [-0.4, -0.2) is 25.7 Å². The van der Waals surface area contributed by atoms with E-state index in [1.165, 1.54) is 6.33 Å². The quantitative estimate of drug-likeness (QED) is 0.530. The van der Waals surface area contributed by atoms with E-state index in [4.69, 9.17) is 11.6 Å². The molecule has 1 amide bonds. The molecule has 0 atom stereocenters. The van der Waals surface area contributed by atoms with Crippen molar-refractivity contribution in [3.63, 3.8) is 0 Å². The molecule has 0 spiro atoms. The molecule has 0 saturated carbocycles. The largest absolute Gasteiger partial charge is 0.281 e. The molecule has 2 N–H and O–H groups in total. The van der Waals surface area contributed by atoms with Crippen LogP contribution in [0.4, 0.5) is 5.82 Å².